The molecule has 6 heteroatoms. The fraction of sp³-hybridized carbons (Fsp3) is 0.364. The number of nitrogens with one attached hydrogen (secondary N) is 2. The molecule has 1 heterocycles. The summed E-state index contributed by atoms with van der Waals surface area (Å²) in [6.45, 7) is 0. The second-order valence-electron chi connectivity index (χ2n) is 6.78. The molecule has 2 atom stereocenters. The summed E-state index contributed by atoms with van der Waals surface area (Å²) in [5, 5.41) is 10.0. The van der Waals surface area contributed by atoms with Crippen LogP contribution in [-0.2, 0) is 20.2 Å². The third-order valence-corrected chi connectivity index (χ3v) is 9.05. The molecule has 2 aromatic carbocycles. The maximum absolute atomic E-state index is 12.4. The van der Waals surface area contributed by atoms with E-state index >= 15 is 0 Å². The normalized spacial score (nSPS) is 19.1. The molecule has 2 aromatic rings. The third kappa shape index (κ3) is 6.79. The predicted octanol–water partition coefficient (Wildman–Crippen LogP) is 2.40. The molecule has 1 fully saturated rings. The molecule has 1 aliphatic rings. The molecule has 0 radical (unpaired) electrons. The Kier molecular flexibility index (Phi) is 8.63. The van der Waals surface area contributed by atoms with Gasteiger partial charge in [0.05, 0.1) is 0 Å². The van der Waals surface area contributed by atoms with E-state index in [0.29, 0.717) is 29.9 Å². The van der Waals surface area contributed by atoms with Gasteiger partial charge in [-0.25, -0.2) is 0 Å². The topological polar surface area (TPSA) is 58.2 Å². The maximum atomic E-state index is 12.4. The van der Waals surface area contributed by atoms with Gasteiger partial charge >= 0.3 is 180 Å². The van der Waals surface area contributed by atoms with Gasteiger partial charge < -0.3 is 0 Å². The summed E-state index contributed by atoms with van der Waals surface area (Å²) in [6, 6.07) is 20.1. The van der Waals surface area contributed by atoms with Gasteiger partial charge in [-0.15, -0.1) is 0 Å². The van der Waals surface area contributed by atoms with Gasteiger partial charge in [0.25, 0.3) is 0 Å². The van der Waals surface area contributed by atoms with Gasteiger partial charge in [0.2, 0.25) is 0 Å². The van der Waals surface area contributed by atoms with E-state index in [2.05, 4.69) is 59.2 Å². The van der Waals surface area contributed by atoms with E-state index < -0.39 is 0 Å². The quantitative estimate of drug-likeness (QED) is 0.383. The van der Waals surface area contributed by atoms with Gasteiger partial charge in [-0.3, -0.25) is 0 Å². The van der Waals surface area contributed by atoms with Crippen molar-refractivity contribution in [3.05, 3.63) is 71.8 Å². The van der Waals surface area contributed by atoms with Crippen LogP contribution in [0.25, 0.3) is 0 Å². The summed E-state index contributed by atoms with van der Waals surface area (Å²) in [5.41, 5.74) is 2.69. The zero-order chi connectivity index (χ0) is 19.6. The van der Waals surface area contributed by atoms with E-state index in [1.807, 2.05) is 12.1 Å². The van der Waals surface area contributed by atoms with Crippen LogP contribution in [0.4, 0.5) is 0 Å². The van der Waals surface area contributed by atoms with Gasteiger partial charge in [-0.1, -0.05) is 0 Å². The molecule has 2 unspecified atom stereocenters. The van der Waals surface area contributed by atoms with Crippen LogP contribution < -0.4 is 10.6 Å². The Morgan fingerprint density at radius 2 is 1.04 bits per heavy atom. The zero-order valence-corrected chi connectivity index (χ0v) is 19.2. The summed E-state index contributed by atoms with van der Waals surface area (Å²) in [5.74, 6) is -0.0358. The van der Waals surface area contributed by atoms with Gasteiger partial charge in [-0.05, 0) is 0 Å². The van der Waals surface area contributed by atoms with Crippen molar-refractivity contribution in [2.24, 2.45) is 0 Å². The van der Waals surface area contributed by atoms with Crippen LogP contribution in [0.15, 0.2) is 60.7 Å². The SMILES string of the molecule is O=C1NC(CC[Se]Cc2ccccc2)C(=O)NC1CC[Se]Cc1ccccc1. The second kappa shape index (κ2) is 11.4. The van der Waals surface area contributed by atoms with Crippen molar-refractivity contribution in [1.82, 2.24) is 10.6 Å². The molecule has 0 spiro atoms. The van der Waals surface area contributed by atoms with Crippen molar-refractivity contribution < 1.29 is 9.59 Å². The van der Waals surface area contributed by atoms with Crippen LogP contribution in [0.1, 0.15) is 24.0 Å². The first-order valence-electron chi connectivity index (χ1n) is 9.56. The first-order valence-corrected chi connectivity index (χ1v) is 14.4. The molecule has 28 heavy (non-hydrogen) atoms. The molecule has 2 amide bonds. The zero-order valence-electron chi connectivity index (χ0n) is 15.8. The Morgan fingerprint density at radius 1 is 0.643 bits per heavy atom. The Hall–Kier alpha value is -1.58. The monoisotopic (exact) mass is 510 g/mol. The van der Waals surface area contributed by atoms with Crippen LogP contribution in [-0.4, -0.2) is 53.8 Å². The number of carbonyl (C=O) groups excluding carboxylic acids is 2. The molecule has 4 nitrogen and oxygen atoms in total. The Bertz CT molecular complexity index is 690. The summed E-state index contributed by atoms with van der Waals surface area (Å²) < 4.78 is 0. The van der Waals surface area contributed by atoms with Crippen LogP contribution in [0.5, 0.6) is 0 Å². The van der Waals surface area contributed by atoms with E-state index in [0.717, 1.165) is 34.1 Å². The Balaban J connectivity index is 1.33. The van der Waals surface area contributed by atoms with Crippen molar-refractivity contribution >= 4 is 41.7 Å². The molecule has 2 N–H and O–H groups in total. The van der Waals surface area contributed by atoms with Crippen LogP contribution in [0.3, 0.4) is 0 Å². The van der Waals surface area contributed by atoms with E-state index in [9.17, 15) is 9.59 Å². The number of hydrogen-bond acceptors (Lipinski definition) is 2. The van der Waals surface area contributed by atoms with Crippen LogP contribution >= 0.6 is 0 Å². The summed E-state index contributed by atoms with van der Waals surface area (Å²) >= 11 is 0.895. The standard InChI is InChI=1S/C22H26N2O2Se2/c25-21-19(11-13-27-15-17-7-3-1-4-8-17)23-22(26)20(24-21)12-14-28-16-18-9-5-2-6-10-18/h1-10,19-20H,11-16H2,(H,23,26)(H,24,25). The summed E-state index contributed by atoms with van der Waals surface area (Å²) in [6.07, 6.45) is 1.46. The van der Waals surface area contributed by atoms with Crippen molar-refractivity contribution in [2.75, 3.05) is 0 Å². The van der Waals surface area contributed by atoms with Crippen molar-refractivity contribution in [1.29, 1.82) is 0 Å². The summed E-state index contributed by atoms with van der Waals surface area (Å²) in [4.78, 5) is 24.7. The van der Waals surface area contributed by atoms with Gasteiger partial charge in [-0.2, -0.15) is 0 Å². The Morgan fingerprint density at radius 3 is 1.43 bits per heavy atom. The number of rotatable bonds is 10. The second-order valence-corrected chi connectivity index (χ2v) is 11.4. The molecular weight excluding hydrogens is 482 g/mol. The fourth-order valence-electron chi connectivity index (χ4n) is 3.01. The first kappa shape index (κ1) is 21.1. The molecule has 0 aliphatic carbocycles. The number of carbonyl (C=O) groups is 2. The number of benzene rings is 2. The molecule has 1 aliphatic heterocycles. The van der Waals surface area contributed by atoms with E-state index in [1.165, 1.54) is 11.1 Å². The third-order valence-electron chi connectivity index (χ3n) is 4.59. The molecule has 3 rings (SSSR count). The van der Waals surface area contributed by atoms with Crippen LogP contribution in [0.2, 0.25) is 10.6 Å². The molecule has 148 valence electrons. The molecule has 1 saturated heterocycles. The minimum atomic E-state index is -0.365. The molecular formula is C22H26N2O2Se2. The van der Waals surface area contributed by atoms with E-state index in [4.69, 9.17) is 0 Å². The number of amides is 2. The van der Waals surface area contributed by atoms with E-state index in [-0.39, 0.29) is 23.9 Å². The molecule has 0 aromatic heterocycles. The first-order chi connectivity index (χ1) is 13.7. The predicted molar refractivity (Wildman–Crippen MR) is 115 cm³/mol. The molecule has 0 bridgehead atoms. The average Bonchev–Trinajstić information content (AvgIpc) is 2.73. The average molecular weight is 508 g/mol. The number of piperazine rings is 1. The number of hydrogen-bond donors (Lipinski definition) is 2. The fourth-order valence-corrected chi connectivity index (χ4v) is 7.10. The van der Waals surface area contributed by atoms with Gasteiger partial charge in [0, 0.05) is 0 Å². The minimum absolute atomic E-state index is 0.0179. The van der Waals surface area contributed by atoms with Gasteiger partial charge in [0.15, 0.2) is 0 Å². The van der Waals surface area contributed by atoms with Crippen molar-refractivity contribution in [3.8, 4) is 0 Å². The van der Waals surface area contributed by atoms with E-state index in [1.54, 1.807) is 0 Å². The molecule has 0 saturated carbocycles. The van der Waals surface area contributed by atoms with Crippen molar-refractivity contribution in [2.45, 2.75) is 46.2 Å². The van der Waals surface area contributed by atoms with Crippen molar-refractivity contribution in [3.63, 3.8) is 0 Å². The van der Waals surface area contributed by atoms with Crippen LogP contribution in [0, 0.1) is 0 Å². The summed E-state index contributed by atoms with van der Waals surface area (Å²) in [7, 11) is 0. The van der Waals surface area contributed by atoms with Gasteiger partial charge in [0.1, 0.15) is 0 Å². The Labute approximate surface area is 179 Å².